The van der Waals surface area contributed by atoms with Crippen molar-refractivity contribution in [2.24, 2.45) is 0 Å². The van der Waals surface area contributed by atoms with E-state index in [1.54, 1.807) is 25.1 Å². The zero-order valence-electron chi connectivity index (χ0n) is 16.4. The van der Waals surface area contributed by atoms with Gasteiger partial charge in [-0.2, -0.15) is 5.10 Å². The Morgan fingerprint density at radius 3 is 2.66 bits per heavy atom. The highest BCUT2D eigenvalue weighted by molar-refractivity contribution is 5.94. The summed E-state index contributed by atoms with van der Waals surface area (Å²) in [7, 11) is 0. The molecule has 2 aromatic carbocycles. The predicted octanol–water partition coefficient (Wildman–Crippen LogP) is 3.46. The van der Waals surface area contributed by atoms with Crippen LogP contribution >= 0.6 is 0 Å². The van der Waals surface area contributed by atoms with Crippen LogP contribution in [0.5, 0.6) is 11.5 Å². The molecule has 1 aromatic heterocycles. The van der Waals surface area contributed by atoms with Crippen molar-refractivity contribution in [2.75, 3.05) is 12.1 Å². The van der Waals surface area contributed by atoms with Crippen LogP contribution in [-0.2, 0) is 4.79 Å². The third-order valence-electron chi connectivity index (χ3n) is 4.88. The Balaban J connectivity index is 1.61. The molecule has 1 aliphatic heterocycles. The molecule has 2 heterocycles. The molecule has 1 unspecified atom stereocenters. The fourth-order valence-corrected chi connectivity index (χ4v) is 3.21. The molecule has 7 heteroatoms. The number of aromatic nitrogens is 2. The topological polar surface area (TPSA) is 82.5 Å². The van der Waals surface area contributed by atoms with Gasteiger partial charge >= 0.3 is 0 Å². The number of hydrogen-bond acceptors (Lipinski definition) is 5. The normalized spacial score (nSPS) is 13.2. The van der Waals surface area contributed by atoms with E-state index in [0.717, 1.165) is 16.7 Å². The number of ether oxygens (including phenoxy) is 2. The molecule has 1 aliphatic rings. The maximum Gasteiger partial charge on any atom is 0.267 e. The first kappa shape index (κ1) is 18.7. The molecule has 1 atom stereocenters. The number of amides is 1. The van der Waals surface area contributed by atoms with Gasteiger partial charge in [-0.3, -0.25) is 9.59 Å². The van der Waals surface area contributed by atoms with E-state index >= 15 is 0 Å². The molecule has 1 N–H and O–H groups in total. The van der Waals surface area contributed by atoms with E-state index in [2.05, 4.69) is 10.4 Å². The Morgan fingerprint density at radius 2 is 1.86 bits per heavy atom. The zero-order chi connectivity index (χ0) is 20.5. The maximum absolute atomic E-state index is 12.8. The van der Waals surface area contributed by atoms with Crippen LogP contribution in [0.15, 0.2) is 53.3 Å². The first-order valence-corrected chi connectivity index (χ1v) is 9.30. The minimum absolute atomic E-state index is 0.182. The molecule has 0 bridgehead atoms. The number of fused-ring (bicyclic) bond motifs is 1. The molecule has 0 spiro atoms. The van der Waals surface area contributed by atoms with Crippen LogP contribution in [0, 0.1) is 13.8 Å². The van der Waals surface area contributed by atoms with Crippen LogP contribution < -0.4 is 20.3 Å². The van der Waals surface area contributed by atoms with Crippen LogP contribution in [0.25, 0.3) is 11.3 Å². The van der Waals surface area contributed by atoms with Crippen LogP contribution in [0.3, 0.4) is 0 Å². The molecular weight excluding hydrogens is 370 g/mol. The molecule has 0 aliphatic carbocycles. The summed E-state index contributed by atoms with van der Waals surface area (Å²) in [6, 6.07) is 13.5. The summed E-state index contributed by atoms with van der Waals surface area (Å²) in [5.74, 6) is 0.986. The smallest absolute Gasteiger partial charge is 0.267 e. The summed E-state index contributed by atoms with van der Waals surface area (Å²) in [5, 5.41) is 7.30. The standard InChI is InChI=1S/C22H21N3O4/c1-13-4-6-17(14(2)10-13)23-22(27)15(3)25-21(26)9-7-18(24-25)16-5-8-19-20(11-16)29-12-28-19/h4-11,15H,12H2,1-3H3,(H,23,27). The number of aryl methyl sites for hydroxylation is 2. The van der Waals surface area contributed by atoms with Crippen LogP contribution in [0.2, 0.25) is 0 Å². The lowest BCUT2D eigenvalue weighted by molar-refractivity contribution is -0.119. The van der Waals surface area contributed by atoms with Crippen molar-refractivity contribution in [1.29, 1.82) is 0 Å². The van der Waals surface area contributed by atoms with Gasteiger partial charge in [0.25, 0.3) is 5.56 Å². The van der Waals surface area contributed by atoms with Crippen molar-refractivity contribution < 1.29 is 14.3 Å². The van der Waals surface area contributed by atoms with Gasteiger partial charge in [-0.15, -0.1) is 0 Å². The lowest BCUT2D eigenvalue weighted by Gasteiger charge is -2.16. The van der Waals surface area contributed by atoms with E-state index in [-0.39, 0.29) is 18.3 Å². The van der Waals surface area contributed by atoms with E-state index in [9.17, 15) is 9.59 Å². The maximum atomic E-state index is 12.8. The quantitative estimate of drug-likeness (QED) is 0.737. The Hall–Kier alpha value is -3.61. The highest BCUT2D eigenvalue weighted by Gasteiger charge is 2.20. The van der Waals surface area contributed by atoms with E-state index in [0.29, 0.717) is 22.9 Å². The monoisotopic (exact) mass is 391 g/mol. The molecule has 7 nitrogen and oxygen atoms in total. The summed E-state index contributed by atoms with van der Waals surface area (Å²) in [6.45, 7) is 5.75. The average Bonchev–Trinajstić information content (AvgIpc) is 3.17. The van der Waals surface area contributed by atoms with Gasteiger partial charge in [-0.1, -0.05) is 17.7 Å². The molecular formula is C22H21N3O4. The Labute approximate surface area is 167 Å². The fraction of sp³-hybridized carbons (Fsp3) is 0.227. The lowest BCUT2D eigenvalue weighted by Crippen LogP contribution is -2.33. The van der Waals surface area contributed by atoms with E-state index in [1.165, 1.54) is 10.7 Å². The first-order valence-electron chi connectivity index (χ1n) is 9.30. The van der Waals surface area contributed by atoms with Gasteiger partial charge in [-0.25, -0.2) is 4.68 Å². The number of hydrogen-bond donors (Lipinski definition) is 1. The molecule has 29 heavy (non-hydrogen) atoms. The second-order valence-corrected chi connectivity index (χ2v) is 7.05. The number of carbonyl (C=O) groups is 1. The second kappa shape index (κ2) is 7.43. The van der Waals surface area contributed by atoms with Gasteiger partial charge < -0.3 is 14.8 Å². The van der Waals surface area contributed by atoms with E-state index in [1.807, 2.05) is 38.1 Å². The fourth-order valence-electron chi connectivity index (χ4n) is 3.21. The summed E-state index contributed by atoms with van der Waals surface area (Å²) in [5.41, 5.74) is 3.77. The SMILES string of the molecule is Cc1ccc(NC(=O)C(C)n2nc(-c3ccc4c(c3)OCO4)ccc2=O)c(C)c1. The molecule has 3 aromatic rings. The zero-order valence-corrected chi connectivity index (χ0v) is 16.4. The number of carbonyl (C=O) groups excluding carboxylic acids is 1. The summed E-state index contributed by atoms with van der Waals surface area (Å²) < 4.78 is 11.9. The van der Waals surface area contributed by atoms with Crippen molar-refractivity contribution in [2.45, 2.75) is 26.8 Å². The second-order valence-electron chi connectivity index (χ2n) is 7.05. The molecule has 148 valence electrons. The van der Waals surface area contributed by atoms with Crippen molar-refractivity contribution >= 4 is 11.6 Å². The Bertz CT molecular complexity index is 1150. The highest BCUT2D eigenvalue weighted by atomic mass is 16.7. The van der Waals surface area contributed by atoms with Crippen molar-refractivity contribution in [3.05, 3.63) is 70.0 Å². The average molecular weight is 391 g/mol. The summed E-state index contributed by atoms with van der Waals surface area (Å²) in [6.07, 6.45) is 0. The van der Waals surface area contributed by atoms with Gasteiger partial charge in [0.2, 0.25) is 12.7 Å². The third-order valence-corrected chi connectivity index (χ3v) is 4.88. The van der Waals surface area contributed by atoms with Gasteiger partial charge in [-0.05, 0) is 56.7 Å². The number of nitrogens with zero attached hydrogens (tertiary/aromatic N) is 2. The molecule has 0 fully saturated rings. The van der Waals surface area contributed by atoms with Crippen LogP contribution in [0.4, 0.5) is 5.69 Å². The van der Waals surface area contributed by atoms with Gasteiger partial charge in [0.1, 0.15) is 6.04 Å². The van der Waals surface area contributed by atoms with Gasteiger partial charge in [0.05, 0.1) is 5.69 Å². The molecule has 0 saturated carbocycles. The predicted molar refractivity (Wildman–Crippen MR) is 109 cm³/mol. The molecule has 0 radical (unpaired) electrons. The number of benzene rings is 2. The van der Waals surface area contributed by atoms with Gasteiger partial charge in [0, 0.05) is 17.3 Å². The highest BCUT2D eigenvalue weighted by Crippen LogP contribution is 2.35. The Morgan fingerprint density at radius 1 is 1.07 bits per heavy atom. The number of nitrogens with one attached hydrogen (secondary N) is 1. The number of anilines is 1. The van der Waals surface area contributed by atoms with Crippen molar-refractivity contribution in [1.82, 2.24) is 9.78 Å². The van der Waals surface area contributed by atoms with Crippen LogP contribution in [0.1, 0.15) is 24.1 Å². The van der Waals surface area contributed by atoms with Gasteiger partial charge in [0.15, 0.2) is 11.5 Å². The Kier molecular flexibility index (Phi) is 4.80. The van der Waals surface area contributed by atoms with Crippen LogP contribution in [-0.4, -0.2) is 22.5 Å². The first-order chi connectivity index (χ1) is 13.9. The van der Waals surface area contributed by atoms with E-state index < -0.39 is 6.04 Å². The minimum Gasteiger partial charge on any atom is -0.454 e. The van der Waals surface area contributed by atoms with E-state index in [4.69, 9.17) is 9.47 Å². The number of rotatable bonds is 4. The summed E-state index contributed by atoms with van der Waals surface area (Å²) in [4.78, 5) is 25.1. The third kappa shape index (κ3) is 3.71. The molecule has 0 saturated heterocycles. The van der Waals surface area contributed by atoms with Crippen molar-refractivity contribution in [3.8, 4) is 22.8 Å². The molecule has 1 amide bonds. The largest absolute Gasteiger partial charge is 0.454 e. The molecule has 4 rings (SSSR count). The summed E-state index contributed by atoms with van der Waals surface area (Å²) >= 11 is 0. The lowest BCUT2D eigenvalue weighted by atomic mass is 10.1. The minimum atomic E-state index is -0.780. The van der Waals surface area contributed by atoms with Crippen molar-refractivity contribution in [3.63, 3.8) is 0 Å².